The van der Waals surface area contributed by atoms with Gasteiger partial charge in [-0.05, 0) is 12.1 Å². The molecule has 0 aliphatic rings. The van der Waals surface area contributed by atoms with Crippen molar-refractivity contribution in [3.05, 3.63) is 46.5 Å². The number of imidazole rings is 1. The Morgan fingerprint density at radius 2 is 2.35 bits per heavy atom. The lowest BCUT2D eigenvalue weighted by molar-refractivity contribution is -0.382. The van der Waals surface area contributed by atoms with Gasteiger partial charge in [-0.25, -0.2) is 9.97 Å². The van der Waals surface area contributed by atoms with Gasteiger partial charge in [0, 0.05) is 25.5 Å². The predicted octanol–water partition coefficient (Wildman–Crippen LogP) is 2.51. The largest absolute Gasteiger partial charge is 0.378 e. The Bertz CT molecular complexity index is 737. The highest BCUT2D eigenvalue weighted by atomic mass is 32.1. The number of benzene rings is 1. The van der Waals surface area contributed by atoms with Gasteiger partial charge >= 0.3 is 5.69 Å². The first-order valence-corrected chi connectivity index (χ1v) is 6.84. The Labute approximate surface area is 118 Å². The van der Waals surface area contributed by atoms with E-state index in [0.29, 0.717) is 24.3 Å². The van der Waals surface area contributed by atoms with Gasteiger partial charge in [0.15, 0.2) is 5.52 Å². The number of hydrogen-bond donors (Lipinski definition) is 1. The lowest BCUT2D eigenvalue weighted by Crippen LogP contribution is -2.10. The molecule has 8 heteroatoms. The summed E-state index contributed by atoms with van der Waals surface area (Å²) >= 11 is 1.39. The van der Waals surface area contributed by atoms with Crippen LogP contribution in [0.3, 0.4) is 0 Å². The second-order valence-corrected chi connectivity index (χ2v) is 5.03. The highest BCUT2D eigenvalue weighted by molar-refractivity contribution is 7.16. The second kappa shape index (κ2) is 5.25. The fraction of sp³-hybridized carbons (Fsp3) is 0.167. The molecule has 0 saturated heterocycles. The zero-order chi connectivity index (χ0) is 13.9. The van der Waals surface area contributed by atoms with E-state index in [0.717, 1.165) is 4.70 Å². The summed E-state index contributed by atoms with van der Waals surface area (Å²) in [6, 6.07) is 3.58. The summed E-state index contributed by atoms with van der Waals surface area (Å²) in [7, 11) is 0. The van der Waals surface area contributed by atoms with Gasteiger partial charge in [-0.2, -0.15) is 0 Å². The zero-order valence-electron chi connectivity index (χ0n) is 10.4. The van der Waals surface area contributed by atoms with E-state index in [4.69, 9.17) is 0 Å². The molecule has 0 bridgehead atoms. The molecule has 0 atom stereocenters. The lowest BCUT2D eigenvalue weighted by Gasteiger charge is -2.07. The summed E-state index contributed by atoms with van der Waals surface area (Å²) in [6.07, 6.45) is 5.25. The van der Waals surface area contributed by atoms with Crippen molar-refractivity contribution in [3.63, 3.8) is 0 Å². The predicted molar refractivity (Wildman–Crippen MR) is 77.0 cm³/mol. The molecule has 0 amide bonds. The van der Waals surface area contributed by atoms with Crippen molar-refractivity contribution in [2.24, 2.45) is 0 Å². The van der Waals surface area contributed by atoms with Gasteiger partial charge < -0.3 is 9.88 Å². The normalized spacial score (nSPS) is 10.8. The number of anilines is 1. The van der Waals surface area contributed by atoms with Crippen LogP contribution in [0.2, 0.25) is 0 Å². The number of thiazole rings is 1. The Morgan fingerprint density at radius 3 is 3.10 bits per heavy atom. The first-order chi connectivity index (χ1) is 9.75. The Morgan fingerprint density at radius 1 is 1.45 bits per heavy atom. The molecule has 2 aromatic heterocycles. The first kappa shape index (κ1) is 12.5. The van der Waals surface area contributed by atoms with Gasteiger partial charge in [0.1, 0.15) is 5.69 Å². The standard InChI is InChI=1S/C12H11N5O2S/c18-17(19)12-9(1-2-10-11(12)15-8-20-10)14-4-6-16-5-3-13-7-16/h1-3,5,7-8,14H,4,6H2. The van der Waals surface area contributed by atoms with E-state index in [2.05, 4.69) is 15.3 Å². The summed E-state index contributed by atoms with van der Waals surface area (Å²) in [5.41, 5.74) is 2.59. The molecule has 0 saturated carbocycles. The third-order valence-corrected chi connectivity index (χ3v) is 3.70. The molecule has 2 heterocycles. The van der Waals surface area contributed by atoms with E-state index in [9.17, 15) is 10.1 Å². The van der Waals surface area contributed by atoms with Gasteiger partial charge in [-0.3, -0.25) is 10.1 Å². The third kappa shape index (κ3) is 2.32. The molecule has 0 aliphatic heterocycles. The highest BCUT2D eigenvalue weighted by Gasteiger charge is 2.20. The second-order valence-electron chi connectivity index (χ2n) is 4.15. The van der Waals surface area contributed by atoms with Crippen molar-refractivity contribution < 1.29 is 4.92 Å². The number of hydrogen-bond acceptors (Lipinski definition) is 6. The van der Waals surface area contributed by atoms with Gasteiger partial charge in [0.05, 0.1) is 21.5 Å². The molecule has 0 radical (unpaired) electrons. The summed E-state index contributed by atoms with van der Waals surface area (Å²) in [4.78, 5) is 18.9. The van der Waals surface area contributed by atoms with Gasteiger partial charge in [-0.1, -0.05) is 0 Å². The molecule has 0 unspecified atom stereocenters. The summed E-state index contributed by atoms with van der Waals surface area (Å²) in [5.74, 6) is 0. The molecule has 7 nitrogen and oxygen atoms in total. The maximum absolute atomic E-state index is 11.2. The van der Waals surface area contributed by atoms with Crippen molar-refractivity contribution in [1.29, 1.82) is 0 Å². The molecule has 0 fully saturated rings. The molecule has 0 aliphatic carbocycles. The maximum atomic E-state index is 11.2. The molecule has 0 spiro atoms. The van der Waals surface area contributed by atoms with E-state index in [1.165, 1.54) is 11.3 Å². The van der Waals surface area contributed by atoms with Gasteiger partial charge in [0.2, 0.25) is 0 Å². The monoisotopic (exact) mass is 289 g/mol. The average Bonchev–Trinajstić information content (AvgIpc) is 3.07. The molecule has 20 heavy (non-hydrogen) atoms. The number of nitrogens with zero attached hydrogens (tertiary/aromatic N) is 4. The lowest BCUT2D eigenvalue weighted by atomic mass is 10.2. The van der Waals surface area contributed by atoms with Crippen molar-refractivity contribution in [3.8, 4) is 0 Å². The van der Waals surface area contributed by atoms with E-state index < -0.39 is 0 Å². The van der Waals surface area contributed by atoms with Crippen LogP contribution in [0.15, 0.2) is 36.4 Å². The Balaban J connectivity index is 1.83. The van der Waals surface area contributed by atoms with Gasteiger partial charge in [-0.15, -0.1) is 11.3 Å². The zero-order valence-corrected chi connectivity index (χ0v) is 11.2. The minimum atomic E-state index is -0.387. The van der Waals surface area contributed by atoms with Crippen molar-refractivity contribution >= 4 is 32.9 Å². The van der Waals surface area contributed by atoms with Crippen LogP contribution >= 0.6 is 11.3 Å². The molecule has 102 valence electrons. The van der Waals surface area contributed by atoms with E-state index >= 15 is 0 Å². The van der Waals surface area contributed by atoms with Crippen LogP contribution in [0.25, 0.3) is 10.2 Å². The Hall–Kier alpha value is -2.48. The maximum Gasteiger partial charge on any atom is 0.319 e. The van der Waals surface area contributed by atoms with Crippen LogP contribution in [-0.2, 0) is 6.54 Å². The summed E-state index contributed by atoms with van der Waals surface area (Å²) in [6.45, 7) is 1.26. The van der Waals surface area contributed by atoms with Crippen LogP contribution in [0, 0.1) is 10.1 Å². The molecule has 1 aromatic carbocycles. The number of nitro benzene ring substituents is 1. The fourth-order valence-corrected chi connectivity index (χ4v) is 2.66. The third-order valence-electron chi connectivity index (χ3n) is 2.90. The van der Waals surface area contributed by atoms with E-state index in [1.807, 2.05) is 16.8 Å². The molecular formula is C12H11N5O2S. The van der Waals surface area contributed by atoms with Gasteiger partial charge in [0.25, 0.3) is 0 Å². The van der Waals surface area contributed by atoms with Crippen molar-refractivity contribution in [2.75, 3.05) is 11.9 Å². The number of rotatable bonds is 5. The van der Waals surface area contributed by atoms with Crippen LogP contribution in [0.1, 0.15) is 0 Å². The van der Waals surface area contributed by atoms with Crippen LogP contribution in [-0.4, -0.2) is 26.0 Å². The van der Waals surface area contributed by atoms with Crippen molar-refractivity contribution in [2.45, 2.75) is 6.54 Å². The molecular weight excluding hydrogens is 278 g/mol. The fourth-order valence-electron chi connectivity index (χ4n) is 1.98. The Kier molecular flexibility index (Phi) is 3.30. The molecule has 3 rings (SSSR count). The quantitative estimate of drug-likeness (QED) is 0.576. The minimum Gasteiger partial charge on any atom is -0.378 e. The minimum absolute atomic E-state index is 0.0365. The smallest absolute Gasteiger partial charge is 0.319 e. The topological polar surface area (TPSA) is 85.9 Å². The number of fused-ring (bicyclic) bond motifs is 1. The van der Waals surface area contributed by atoms with E-state index in [-0.39, 0.29) is 10.6 Å². The summed E-state index contributed by atoms with van der Waals surface area (Å²) in [5, 5.41) is 14.3. The molecule has 3 aromatic rings. The van der Waals surface area contributed by atoms with Crippen LogP contribution < -0.4 is 5.32 Å². The average molecular weight is 289 g/mol. The first-order valence-electron chi connectivity index (χ1n) is 5.96. The molecule has 1 N–H and O–H groups in total. The summed E-state index contributed by atoms with van der Waals surface area (Å²) < 4.78 is 2.72. The number of aromatic nitrogens is 3. The van der Waals surface area contributed by atoms with Crippen LogP contribution in [0.4, 0.5) is 11.4 Å². The van der Waals surface area contributed by atoms with E-state index in [1.54, 1.807) is 24.1 Å². The van der Waals surface area contributed by atoms with Crippen LogP contribution in [0.5, 0.6) is 0 Å². The number of nitro groups is 1. The number of nitrogens with one attached hydrogen (secondary N) is 1. The van der Waals surface area contributed by atoms with Crippen molar-refractivity contribution in [1.82, 2.24) is 14.5 Å². The highest BCUT2D eigenvalue weighted by Crippen LogP contribution is 2.34. The SMILES string of the molecule is O=[N+]([O-])c1c(NCCn2ccnc2)ccc2scnc12.